The predicted molar refractivity (Wildman–Crippen MR) is 75.0 cm³/mol. The summed E-state index contributed by atoms with van der Waals surface area (Å²) in [6.07, 6.45) is 0.983. The van der Waals surface area contributed by atoms with Gasteiger partial charge in [-0.1, -0.05) is 31.5 Å². The van der Waals surface area contributed by atoms with Crippen LogP contribution in [0.25, 0.3) is 0 Å². The minimum atomic E-state index is -0.157. The average molecular weight is 246 g/mol. The molecule has 1 aliphatic heterocycles. The Morgan fingerprint density at radius 3 is 2.61 bits per heavy atom. The minimum Gasteiger partial charge on any atom is -0.310 e. The fourth-order valence-corrected chi connectivity index (χ4v) is 2.83. The summed E-state index contributed by atoms with van der Waals surface area (Å²) in [5.74, 6) is 0.197. The second-order valence-electron chi connectivity index (χ2n) is 5.00. The first-order valence-electron chi connectivity index (χ1n) is 6.76. The van der Waals surface area contributed by atoms with Gasteiger partial charge in [-0.25, -0.2) is 0 Å². The van der Waals surface area contributed by atoms with Crippen LogP contribution < -0.4 is 10.2 Å². The maximum absolute atomic E-state index is 12.5. The summed E-state index contributed by atoms with van der Waals surface area (Å²) in [6.45, 7) is 9.94. The maximum Gasteiger partial charge on any atom is 0.248 e. The number of hydrogen-bond acceptors (Lipinski definition) is 2. The number of aryl methyl sites for hydroxylation is 2. The van der Waals surface area contributed by atoms with Crippen LogP contribution in [-0.2, 0) is 4.79 Å². The SMILES string of the molecule is CCCN1C(=O)C(NCC)c2cc(C)cc(C)c21. The summed E-state index contributed by atoms with van der Waals surface area (Å²) >= 11 is 0. The molecule has 1 aromatic carbocycles. The Kier molecular flexibility index (Phi) is 3.71. The van der Waals surface area contributed by atoms with Crippen LogP contribution in [0.1, 0.15) is 43.0 Å². The number of nitrogens with zero attached hydrogens (tertiary/aromatic N) is 1. The van der Waals surface area contributed by atoms with Crippen LogP contribution in [0.3, 0.4) is 0 Å². The van der Waals surface area contributed by atoms with Gasteiger partial charge in [-0.05, 0) is 32.4 Å². The molecule has 0 saturated carbocycles. The van der Waals surface area contributed by atoms with Crippen molar-refractivity contribution in [2.75, 3.05) is 18.0 Å². The third kappa shape index (κ3) is 2.03. The molecule has 1 heterocycles. The number of carbonyl (C=O) groups is 1. The zero-order chi connectivity index (χ0) is 13.3. The normalized spacial score (nSPS) is 18.3. The van der Waals surface area contributed by atoms with Gasteiger partial charge in [0.25, 0.3) is 0 Å². The van der Waals surface area contributed by atoms with Crippen molar-refractivity contribution < 1.29 is 4.79 Å². The van der Waals surface area contributed by atoms with E-state index in [9.17, 15) is 4.79 Å². The molecular formula is C15H22N2O. The van der Waals surface area contributed by atoms with E-state index in [1.165, 1.54) is 11.1 Å². The van der Waals surface area contributed by atoms with E-state index in [-0.39, 0.29) is 11.9 Å². The summed E-state index contributed by atoms with van der Waals surface area (Å²) in [6, 6.07) is 4.14. The minimum absolute atomic E-state index is 0.157. The van der Waals surface area contributed by atoms with Crippen molar-refractivity contribution in [3.63, 3.8) is 0 Å². The van der Waals surface area contributed by atoms with Crippen molar-refractivity contribution in [3.8, 4) is 0 Å². The van der Waals surface area contributed by atoms with E-state index in [1.807, 2.05) is 11.8 Å². The van der Waals surface area contributed by atoms with Crippen LogP contribution in [0.4, 0.5) is 5.69 Å². The summed E-state index contributed by atoms with van der Waals surface area (Å²) in [5, 5.41) is 3.30. The molecule has 0 aliphatic carbocycles. The third-order valence-corrected chi connectivity index (χ3v) is 3.42. The monoisotopic (exact) mass is 246 g/mol. The molecule has 0 radical (unpaired) electrons. The van der Waals surface area contributed by atoms with Gasteiger partial charge in [0.15, 0.2) is 0 Å². The van der Waals surface area contributed by atoms with Crippen LogP contribution in [0, 0.1) is 13.8 Å². The number of amides is 1. The van der Waals surface area contributed by atoms with Crippen molar-refractivity contribution in [2.24, 2.45) is 0 Å². The van der Waals surface area contributed by atoms with E-state index in [2.05, 4.69) is 38.2 Å². The van der Waals surface area contributed by atoms with Gasteiger partial charge in [-0.3, -0.25) is 4.79 Å². The smallest absolute Gasteiger partial charge is 0.248 e. The summed E-state index contributed by atoms with van der Waals surface area (Å²) in [4.78, 5) is 14.4. The van der Waals surface area contributed by atoms with Gasteiger partial charge in [0.1, 0.15) is 6.04 Å². The molecule has 1 unspecified atom stereocenters. The standard InChI is InChI=1S/C15H22N2O/c1-5-7-17-14-11(4)8-10(3)9-12(14)13(15(17)18)16-6-2/h8-9,13,16H,5-7H2,1-4H3. The van der Waals surface area contributed by atoms with Crippen LogP contribution in [0.2, 0.25) is 0 Å². The summed E-state index contributed by atoms with van der Waals surface area (Å²) in [5.41, 5.74) is 4.69. The molecule has 0 aromatic heterocycles. The van der Waals surface area contributed by atoms with Gasteiger partial charge < -0.3 is 10.2 Å². The number of carbonyl (C=O) groups excluding carboxylic acids is 1. The fraction of sp³-hybridized carbons (Fsp3) is 0.533. The Hall–Kier alpha value is -1.35. The highest BCUT2D eigenvalue weighted by molar-refractivity contribution is 6.05. The number of nitrogens with one attached hydrogen (secondary N) is 1. The molecule has 1 aromatic rings. The van der Waals surface area contributed by atoms with E-state index in [4.69, 9.17) is 0 Å². The first-order chi connectivity index (χ1) is 8.60. The van der Waals surface area contributed by atoms with E-state index in [1.54, 1.807) is 0 Å². The first kappa shape index (κ1) is 13.1. The lowest BCUT2D eigenvalue weighted by atomic mass is 10.0. The maximum atomic E-state index is 12.5. The second kappa shape index (κ2) is 5.11. The molecule has 0 fully saturated rings. The van der Waals surface area contributed by atoms with Crippen LogP contribution in [-0.4, -0.2) is 19.0 Å². The number of hydrogen-bond donors (Lipinski definition) is 1. The van der Waals surface area contributed by atoms with Crippen molar-refractivity contribution >= 4 is 11.6 Å². The Labute approximate surface area is 109 Å². The Morgan fingerprint density at radius 1 is 1.28 bits per heavy atom. The first-order valence-corrected chi connectivity index (χ1v) is 6.76. The average Bonchev–Trinajstić information content (AvgIpc) is 2.56. The molecule has 0 spiro atoms. The molecule has 1 aliphatic rings. The zero-order valence-corrected chi connectivity index (χ0v) is 11.7. The molecule has 2 rings (SSSR count). The number of likely N-dealkylation sites (N-methyl/N-ethyl adjacent to an activating group) is 1. The highest BCUT2D eigenvalue weighted by Crippen LogP contribution is 2.39. The molecule has 0 saturated heterocycles. The van der Waals surface area contributed by atoms with E-state index >= 15 is 0 Å². The Balaban J connectivity index is 2.51. The van der Waals surface area contributed by atoms with Crippen molar-refractivity contribution in [2.45, 2.75) is 40.2 Å². The Bertz CT molecular complexity index is 468. The van der Waals surface area contributed by atoms with E-state index in [0.29, 0.717) is 0 Å². The van der Waals surface area contributed by atoms with Gasteiger partial charge in [0, 0.05) is 12.1 Å². The molecule has 1 amide bonds. The summed E-state index contributed by atoms with van der Waals surface area (Å²) in [7, 11) is 0. The quantitative estimate of drug-likeness (QED) is 0.886. The molecule has 0 bridgehead atoms. The number of benzene rings is 1. The largest absolute Gasteiger partial charge is 0.310 e. The van der Waals surface area contributed by atoms with Gasteiger partial charge in [-0.2, -0.15) is 0 Å². The lowest BCUT2D eigenvalue weighted by molar-refractivity contribution is -0.120. The van der Waals surface area contributed by atoms with Crippen molar-refractivity contribution in [1.29, 1.82) is 0 Å². The molecular weight excluding hydrogens is 224 g/mol. The summed E-state index contributed by atoms with van der Waals surface area (Å²) < 4.78 is 0. The zero-order valence-electron chi connectivity index (χ0n) is 11.7. The van der Waals surface area contributed by atoms with Gasteiger partial charge in [-0.15, -0.1) is 0 Å². The lowest BCUT2D eigenvalue weighted by Crippen LogP contribution is -2.35. The number of anilines is 1. The van der Waals surface area contributed by atoms with Gasteiger partial charge in [0.2, 0.25) is 5.91 Å². The fourth-order valence-electron chi connectivity index (χ4n) is 2.83. The molecule has 18 heavy (non-hydrogen) atoms. The molecule has 3 nitrogen and oxygen atoms in total. The van der Waals surface area contributed by atoms with E-state index < -0.39 is 0 Å². The third-order valence-electron chi connectivity index (χ3n) is 3.42. The predicted octanol–water partition coefficient (Wildman–Crippen LogP) is 2.71. The lowest BCUT2D eigenvalue weighted by Gasteiger charge is -2.18. The molecule has 1 N–H and O–H groups in total. The van der Waals surface area contributed by atoms with E-state index in [0.717, 1.165) is 30.8 Å². The van der Waals surface area contributed by atoms with Crippen LogP contribution >= 0.6 is 0 Å². The van der Waals surface area contributed by atoms with Crippen molar-refractivity contribution in [1.82, 2.24) is 5.32 Å². The molecule has 3 heteroatoms. The number of rotatable bonds is 4. The highest BCUT2D eigenvalue weighted by atomic mass is 16.2. The second-order valence-corrected chi connectivity index (χ2v) is 5.00. The topological polar surface area (TPSA) is 32.3 Å². The van der Waals surface area contributed by atoms with Gasteiger partial charge >= 0.3 is 0 Å². The Morgan fingerprint density at radius 2 is 2.00 bits per heavy atom. The van der Waals surface area contributed by atoms with Crippen LogP contribution in [0.5, 0.6) is 0 Å². The number of fused-ring (bicyclic) bond motifs is 1. The molecule has 98 valence electrons. The molecule has 1 atom stereocenters. The van der Waals surface area contributed by atoms with Crippen LogP contribution in [0.15, 0.2) is 12.1 Å². The highest BCUT2D eigenvalue weighted by Gasteiger charge is 2.37. The van der Waals surface area contributed by atoms with Gasteiger partial charge in [0.05, 0.1) is 5.69 Å². The van der Waals surface area contributed by atoms with Crippen molar-refractivity contribution in [3.05, 3.63) is 28.8 Å².